The summed E-state index contributed by atoms with van der Waals surface area (Å²) in [5.41, 5.74) is 10.2. The van der Waals surface area contributed by atoms with E-state index >= 15 is 0 Å². The summed E-state index contributed by atoms with van der Waals surface area (Å²) in [4.78, 5) is 30.4. The highest BCUT2D eigenvalue weighted by atomic mass is 32.1. The average Bonchev–Trinajstić information content (AvgIpc) is 3.18. The number of nitrogens with one attached hydrogen (secondary N) is 1. The number of nitrogens with zero attached hydrogens (tertiary/aromatic N) is 2. The lowest BCUT2D eigenvalue weighted by atomic mass is 10.1. The predicted molar refractivity (Wildman–Crippen MR) is 106 cm³/mol. The molecule has 0 radical (unpaired) electrons. The van der Waals surface area contributed by atoms with Gasteiger partial charge in [-0.15, -0.1) is 0 Å². The van der Waals surface area contributed by atoms with E-state index in [0.717, 1.165) is 32.7 Å². The number of hydrogen-bond acceptors (Lipinski definition) is 4. The molecule has 0 aliphatic heterocycles. The van der Waals surface area contributed by atoms with Crippen molar-refractivity contribution >= 4 is 27.5 Å². The van der Waals surface area contributed by atoms with Gasteiger partial charge in [0.1, 0.15) is 0 Å². The molecule has 0 saturated heterocycles. The molecule has 0 fully saturated rings. The number of amides is 1. The van der Waals surface area contributed by atoms with Crippen LogP contribution in [0.25, 0.3) is 10.2 Å². The third-order valence-corrected chi connectivity index (χ3v) is 5.27. The summed E-state index contributed by atoms with van der Waals surface area (Å²) in [5.74, 6) is -0.384. The SMILES string of the molecule is NC(=O)Cc1c(Cc2ccccc2)ncn1Cc1ccc2[nH]c(=O)sc2c1. The molecule has 0 aliphatic rings. The van der Waals surface area contributed by atoms with E-state index in [1.807, 2.05) is 53.1 Å². The molecule has 0 atom stereocenters. The van der Waals surface area contributed by atoms with Crippen LogP contribution in [0.4, 0.5) is 0 Å². The molecule has 1 amide bonds. The van der Waals surface area contributed by atoms with E-state index in [1.54, 1.807) is 6.33 Å². The van der Waals surface area contributed by atoms with Crippen LogP contribution in [0.15, 0.2) is 59.7 Å². The highest BCUT2D eigenvalue weighted by Gasteiger charge is 2.14. The molecule has 136 valence electrons. The second-order valence-corrected chi connectivity index (χ2v) is 7.43. The summed E-state index contributed by atoms with van der Waals surface area (Å²) in [7, 11) is 0. The van der Waals surface area contributed by atoms with Crippen LogP contribution in [0.5, 0.6) is 0 Å². The summed E-state index contributed by atoms with van der Waals surface area (Å²) in [5, 5.41) is 0. The molecule has 2 aromatic heterocycles. The van der Waals surface area contributed by atoms with Crippen LogP contribution in [0, 0.1) is 0 Å². The van der Waals surface area contributed by atoms with Gasteiger partial charge in [-0.25, -0.2) is 4.98 Å². The summed E-state index contributed by atoms with van der Waals surface area (Å²) in [6.07, 6.45) is 2.54. The van der Waals surface area contributed by atoms with Crippen LogP contribution in [-0.4, -0.2) is 20.4 Å². The van der Waals surface area contributed by atoms with E-state index < -0.39 is 0 Å². The van der Waals surface area contributed by atoms with Gasteiger partial charge in [0.05, 0.1) is 34.4 Å². The summed E-state index contributed by atoms with van der Waals surface area (Å²) in [6, 6.07) is 15.9. The molecule has 0 spiro atoms. The van der Waals surface area contributed by atoms with Crippen molar-refractivity contribution in [2.24, 2.45) is 5.73 Å². The molecular weight excluding hydrogens is 360 g/mol. The quantitative estimate of drug-likeness (QED) is 0.540. The molecule has 0 saturated carbocycles. The number of thiazole rings is 1. The van der Waals surface area contributed by atoms with Gasteiger partial charge in [0.15, 0.2) is 0 Å². The number of primary amides is 1. The minimum atomic E-state index is -0.384. The topological polar surface area (TPSA) is 93.8 Å². The van der Waals surface area contributed by atoms with Gasteiger partial charge in [-0.1, -0.05) is 47.7 Å². The van der Waals surface area contributed by atoms with Crippen LogP contribution < -0.4 is 10.6 Å². The molecule has 4 rings (SSSR count). The lowest BCUT2D eigenvalue weighted by Gasteiger charge is -2.09. The van der Waals surface area contributed by atoms with E-state index in [0.29, 0.717) is 13.0 Å². The molecule has 2 heterocycles. The first-order chi connectivity index (χ1) is 13.1. The smallest absolute Gasteiger partial charge is 0.305 e. The monoisotopic (exact) mass is 378 g/mol. The van der Waals surface area contributed by atoms with Crippen LogP contribution in [0.1, 0.15) is 22.5 Å². The maximum Gasteiger partial charge on any atom is 0.305 e. The normalized spacial score (nSPS) is 11.1. The van der Waals surface area contributed by atoms with Gasteiger partial charge in [-0.05, 0) is 23.3 Å². The van der Waals surface area contributed by atoms with Crippen molar-refractivity contribution in [3.8, 4) is 0 Å². The Morgan fingerprint density at radius 2 is 1.96 bits per heavy atom. The molecule has 2 aromatic carbocycles. The molecule has 0 unspecified atom stereocenters. The zero-order valence-electron chi connectivity index (χ0n) is 14.5. The van der Waals surface area contributed by atoms with Crippen molar-refractivity contribution in [2.75, 3.05) is 0 Å². The Hall–Kier alpha value is -3.19. The second-order valence-electron chi connectivity index (χ2n) is 6.42. The van der Waals surface area contributed by atoms with Gasteiger partial charge >= 0.3 is 4.87 Å². The van der Waals surface area contributed by atoms with Gasteiger partial charge in [0, 0.05) is 13.0 Å². The second kappa shape index (κ2) is 7.20. The number of rotatable bonds is 6. The van der Waals surface area contributed by atoms with Crippen LogP contribution in [0.3, 0.4) is 0 Å². The fourth-order valence-corrected chi connectivity index (χ4v) is 3.98. The molecule has 7 heteroatoms. The molecular formula is C20H18N4O2S. The minimum Gasteiger partial charge on any atom is -0.369 e. The maximum atomic E-state index is 11.6. The Kier molecular flexibility index (Phi) is 4.60. The van der Waals surface area contributed by atoms with E-state index in [2.05, 4.69) is 9.97 Å². The Balaban J connectivity index is 1.66. The van der Waals surface area contributed by atoms with E-state index in [1.165, 1.54) is 11.3 Å². The number of fused-ring (bicyclic) bond motifs is 1. The maximum absolute atomic E-state index is 11.6. The van der Waals surface area contributed by atoms with Crippen molar-refractivity contribution in [2.45, 2.75) is 19.4 Å². The Bertz CT molecular complexity index is 1160. The van der Waals surface area contributed by atoms with Crippen molar-refractivity contribution in [1.29, 1.82) is 0 Å². The number of nitrogens with two attached hydrogens (primary N) is 1. The molecule has 4 aromatic rings. The first-order valence-corrected chi connectivity index (χ1v) is 9.37. The van der Waals surface area contributed by atoms with E-state index in [-0.39, 0.29) is 17.2 Å². The van der Waals surface area contributed by atoms with Gasteiger partial charge in [-0.2, -0.15) is 0 Å². The number of carbonyl (C=O) groups is 1. The average molecular weight is 378 g/mol. The fraction of sp³-hybridized carbons (Fsp3) is 0.150. The van der Waals surface area contributed by atoms with Crippen molar-refractivity contribution in [1.82, 2.24) is 14.5 Å². The summed E-state index contributed by atoms with van der Waals surface area (Å²) < 4.78 is 2.87. The third-order valence-electron chi connectivity index (χ3n) is 4.43. The highest BCUT2D eigenvalue weighted by molar-refractivity contribution is 7.16. The van der Waals surface area contributed by atoms with Gasteiger partial charge < -0.3 is 15.3 Å². The molecule has 6 nitrogen and oxygen atoms in total. The molecule has 3 N–H and O–H groups in total. The number of benzene rings is 2. The summed E-state index contributed by atoms with van der Waals surface area (Å²) >= 11 is 1.19. The van der Waals surface area contributed by atoms with Crippen molar-refractivity contribution in [3.63, 3.8) is 0 Å². The Morgan fingerprint density at radius 3 is 2.74 bits per heavy atom. The zero-order valence-corrected chi connectivity index (χ0v) is 15.3. The molecule has 0 bridgehead atoms. The van der Waals surface area contributed by atoms with Crippen molar-refractivity contribution in [3.05, 3.63) is 87.0 Å². The largest absolute Gasteiger partial charge is 0.369 e. The first kappa shape index (κ1) is 17.2. The van der Waals surface area contributed by atoms with E-state index in [9.17, 15) is 9.59 Å². The van der Waals surface area contributed by atoms with Crippen molar-refractivity contribution < 1.29 is 4.79 Å². The number of hydrogen-bond donors (Lipinski definition) is 2. The highest BCUT2D eigenvalue weighted by Crippen LogP contribution is 2.19. The standard InChI is InChI=1S/C20H18N4O2S/c21-19(25)10-17-16(8-13-4-2-1-3-5-13)22-12-24(17)11-14-6-7-15-18(9-14)27-20(26)23-15/h1-7,9,12H,8,10-11H2,(H2,21,25)(H,23,26). The lowest BCUT2D eigenvalue weighted by Crippen LogP contribution is -2.18. The Labute approximate surface area is 159 Å². The van der Waals surface area contributed by atoms with Gasteiger partial charge in [0.25, 0.3) is 0 Å². The van der Waals surface area contributed by atoms with Gasteiger partial charge in [0.2, 0.25) is 5.91 Å². The van der Waals surface area contributed by atoms with Gasteiger partial charge in [-0.3, -0.25) is 9.59 Å². The molecule has 27 heavy (non-hydrogen) atoms. The fourth-order valence-electron chi connectivity index (χ4n) is 3.18. The Morgan fingerprint density at radius 1 is 1.15 bits per heavy atom. The number of imidazole rings is 1. The number of carbonyl (C=O) groups excluding carboxylic acids is 1. The lowest BCUT2D eigenvalue weighted by molar-refractivity contribution is -0.117. The minimum absolute atomic E-state index is 0.0654. The van der Waals surface area contributed by atoms with Crippen LogP contribution in [-0.2, 0) is 24.2 Å². The zero-order chi connectivity index (χ0) is 18.8. The number of H-pyrrole nitrogens is 1. The van der Waals surface area contributed by atoms with Crippen LogP contribution >= 0.6 is 11.3 Å². The number of aromatic nitrogens is 3. The number of aromatic amines is 1. The van der Waals surface area contributed by atoms with E-state index in [4.69, 9.17) is 5.73 Å². The summed E-state index contributed by atoms with van der Waals surface area (Å²) in [6.45, 7) is 0.562. The first-order valence-electron chi connectivity index (χ1n) is 8.55. The predicted octanol–water partition coefficient (Wildman–Crippen LogP) is 2.45. The third kappa shape index (κ3) is 3.83. The van der Waals surface area contributed by atoms with Crippen LogP contribution in [0.2, 0.25) is 0 Å². The molecule has 0 aliphatic carbocycles.